The largest absolute Gasteiger partial charge is 0.477 e. The fourth-order valence-corrected chi connectivity index (χ4v) is 2.51. The molecule has 3 rings (SSSR count). The van der Waals surface area contributed by atoms with Gasteiger partial charge in [0.05, 0.1) is 0 Å². The minimum atomic E-state index is -1.34. The highest BCUT2D eigenvalue weighted by Gasteiger charge is 2.20. The molecule has 3 aromatic rings. The number of carboxylic acid groups (broad SMARTS) is 1. The molecule has 0 saturated carbocycles. The summed E-state index contributed by atoms with van der Waals surface area (Å²) in [7, 11) is 0. The van der Waals surface area contributed by atoms with Gasteiger partial charge in [-0.25, -0.2) is 9.78 Å². The molecule has 2 aromatic heterocycles. The molecular formula is C16H12ClN3O3. The molecule has 0 saturated heterocycles. The lowest BCUT2D eigenvalue weighted by molar-refractivity contribution is 0.0695. The van der Waals surface area contributed by atoms with Crippen LogP contribution in [0.4, 0.5) is 11.5 Å². The van der Waals surface area contributed by atoms with Crippen molar-refractivity contribution in [3.05, 3.63) is 69.1 Å². The molecule has 2 heterocycles. The van der Waals surface area contributed by atoms with Crippen molar-refractivity contribution < 1.29 is 9.90 Å². The highest BCUT2D eigenvalue weighted by atomic mass is 35.5. The summed E-state index contributed by atoms with van der Waals surface area (Å²) in [6, 6.07) is 11.8. The molecule has 0 unspecified atom stereocenters. The Morgan fingerprint density at radius 2 is 2.00 bits per heavy atom. The molecule has 0 aliphatic rings. The van der Waals surface area contributed by atoms with Crippen LogP contribution in [0.2, 0.25) is 5.02 Å². The van der Waals surface area contributed by atoms with Crippen molar-refractivity contribution in [1.82, 2.24) is 9.38 Å². The van der Waals surface area contributed by atoms with Crippen LogP contribution in [0.3, 0.4) is 0 Å². The summed E-state index contributed by atoms with van der Waals surface area (Å²) in [5.41, 5.74) is 0.465. The third-order valence-corrected chi connectivity index (χ3v) is 3.58. The number of halogens is 1. The molecule has 6 nitrogen and oxygen atoms in total. The van der Waals surface area contributed by atoms with Gasteiger partial charge >= 0.3 is 5.97 Å². The van der Waals surface area contributed by atoms with Gasteiger partial charge in [0.15, 0.2) is 11.4 Å². The monoisotopic (exact) mass is 329 g/mol. The standard InChI is InChI=1S/C16H12ClN3O3/c1-9-4-2-7-12-19-14(13(16(22)23)15(21)20(9)12)18-11-6-3-5-10(17)8-11/h2-8,18H,1H3,(H,22,23). The number of pyridine rings is 1. The van der Waals surface area contributed by atoms with Gasteiger partial charge in [0, 0.05) is 16.4 Å². The summed E-state index contributed by atoms with van der Waals surface area (Å²) in [4.78, 5) is 28.4. The van der Waals surface area contributed by atoms with Crippen molar-refractivity contribution >= 4 is 34.7 Å². The van der Waals surface area contributed by atoms with E-state index >= 15 is 0 Å². The van der Waals surface area contributed by atoms with E-state index in [1.807, 2.05) is 0 Å². The van der Waals surface area contributed by atoms with Crippen LogP contribution in [0.25, 0.3) is 5.65 Å². The van der Waals surface area contributed by atoms with Crippen LogP contribution in [0.1, 0.15) is 16.1 Å². The third-order valence-electron chi connectivity index (χ3n) is 3.35. The lowest BCUT2D eigenvalue weighted by Crippen LogP contribution is -2.26. The molecule has 0 spiro atoms. The van der Waals surface area contributed by atoms with Crippen molar-refractivity contribution in [2.75, 3.05) is 5.32 Å². The Morgan fingerprint density at radius 3 is 2.70 bits per heavy atom. The van der Waals surface area contributed by atoms with Crippen LogP contribution < -0.4 is 10.9 Å². The van der Waals surface area contributed by atoms with Gasteiger partial charge in [-0.2, -0.15) is 0 Å². The molecule has 116 valence electrons. The number of hydrogen-bond acceptors (Lipinski definition) is 4. The normalized spacial score (nSPS) is 10.7. The molecule has 0 atom stereocenters. The topological polar surface area (TPSA) is 83.7 Å². The molecule has 0 radical (unpaired) electrons. The average Bonchev–Trinajstić information content (AvgIpc) is 2.46. The van der Waals surface area contributed by atoms with Crippen LogP contribution >= 0.6 is 11.6 Å². The summed E-state index contributed by atoms with van der Waals surface area (Å²) in [5.74, 6) is -1.36. The Bertz CT molecular complexity index is 982. The summed E-state index contributed by atoms with van der Waals surface area (Å²) in [5, 5.41) is 12.8. The van der Waals surface area contributed by atoms with Gasteiger partial charge in [-0.15, -0.1) is 0 Å². The number of anilines is 2. The fraction of sp³-hybridized carbons (Fsp3) is 0.0625. The molecule has 0 fully saturated rings. The van der Waals surface area contributed by atoms with Gasteiger partial charge in [0.1, 0.15) is 5.65 Å². The van der Waals surface area contributed by atoms with E-state index < -0.39 is 17.1 Å². The minimum absolute atomic E-state index is 0.0182. The summed E-state index contributed by atoms with van der Waals surface area (Å²) < 4.78 is 1.27. The Labute approximate surface area is 136 Å². The molecule has 23 heavy (non-hydrogen) atoms. The highest BCUT2D eigenvalue weighted by Crippen LogP contribution is 2.21. The summed E-state index contributed by atoms with van der Waals surface area (Å²) >= 11 is 5.92. The first-order valence-corrected chi connectivity index (χ1v) is 7.13. The van der Waals surface area contributed by atoms with E-state index in [1.54, 1.807) is 49.4 Å². The fourth-order valence-electron chi connectivity index (χ4n) is 2.32. The lowest BCUT2D eigenvalue weighted by Gasteiger charge is -2.12. The van der Waals surface area contributed by atoms with Crippen LogP contribution in [-0.2, 0) is 0 Å². The summed E-state index contributed by atoms with van der Waals surface area (Å²) in [6.45, 7) is 1.71. The Hall–Kier alpha value is -2.86. The van der Waals surface area contributed by atoms with Crippen molar-refractivity contribution in [2.24, 2.45) is 0 Å². The Kier molecular flexibility index (Phi) is 3.75. The quantitative estimate of drug-likeness (QED) is 0.771. The molecule has 7 heteroatoms. The minimum Gasteiger partial charge on any atom is -0.477 e. The number of aryl methyl sites for hydroxylation is 1. The number of fused-ring (bicyclic) bond motifs is 1. The number of benzene rings is 1. The van der Waals surface area contributed by atoms with Crippen molar-refractivity contribution in [2.45, 2.75) is 6.92 Å². The first-order chi connectivity index (χ1) is 11.0. The molecule has 0 aliphatic carbocycles. The van der Waals surface area contributed by atoms with E-state index in [0.29, 0.717) is 22.1 Å². The van der Waals surface area contributed by atoms with Gasteiger partial charge < -0.3 is 10.4 Å². The SMILES string of the molecule is Cc1cccc2nc(Nc3cccc(Cl)c3)c(C(=O)O)c(=O)n12. The molecule has 1 aromatic carbocycles. The second kappa shape index (κ2) is 5.73. The Balaban J connectivity index is 2.25. The van der Waals surface area contributed by atoms with Crippen LogP contribution in [0.5, 0.6) is 0 Å². The first-order valence-electron chi connectivity index (χ1n) is 6.75. The number of rotatable bonds is 3. The predicted octanol–water partition coefficient (Wildman–Crippen LogP) is 3.10. The molecule has 0 aliphatic heterocycles. The van der Waals surface area contributed by atoms with Crippen LogP contribution in [0.15, 0.2) is 47.3 Å². The smallest absolute Gasteiger partial charge is 0.345 e. The zero-order valence-corrected chi connectivity index (χ0v) is 12.8. The average molecular weight is 330 g/mol. The van der Waals surface area contributed by atoms with Crippen molar-refractivity contribution in [1.29, 1.82) is 0 Å². The molecule has 0 amide bonds. The second-order valence-electron chi connectivity index (χ2n) is 4.94. The van der Waals surface area contributed by atoms with Gasteiger partial charge in [0.25, 0.3) is 5.56 Å². The maximum atomic E-state index is 12.5. The van der Waals surface area contributed by atoms with Gasteiger partial charge in [-0.3, -0.25) is 9.20 Å². The van der Waals surface area contributed by atoms with Crippen LogP contribution in [-0.4, -0.2) is 20.5 Å². The number of carboxylic acids is 1. The number of aromatic carboxylic acids is 1. The first kappa shape index (κ1) is 15.1. The number of nitrogens with zero attached hydrogens (tertiary/aromatic N) is 2. The number of aromatic nitrogens is 2. The Morgan fingerprint density at radius 1 is 1.26 bits per heavy atom. The molecular weight excluding hydrogens is 318 g/mol. The highest BCUT2D eigenvalue weighted by molar-refractivity contribution is 6.30. The van der Waals surface area contributed by atoms with Gasteiger partial charge in [0.2, 0.25) is 0 Å². The van der Waals surface area contributed by atoms with E-state index in [4.69, 9.17) is 11.6 Å². The predicted molar refractivity (Wildman–Crippen MR) is 87.9 cm³/mol. The van der Waals surface area contributed by atoms with Gasteiger partial charge in [-0.1, -0.05) is 23.7 Å². The van der Waals surface area contributed by atoms with E-state index in [9.17, 15) is 14.7 Å². The van der Waals surface area contributed by atoms with Crippen molar-refractivity contribution in [3.63, 3.8) is 0 Å². The molecule has 0 bridgehead atoms. The van der Waals surface area contributed by atoms with E-state index in [1.165, 1.54) is 4.40 Å². The van der Waals surface area contributed by atoms with E-state index in [2.05, 4.69) is 10.3 Å². The third kappa shape index (κ3) is 2.76. The molecule has 2 N–H and O–H groups in total. The zero-order valence-electron chi connectivity index (χ0n) is 12.1. The van der Waals surface area contributed by atoms with Gasteiger partial charge in [-0.05, 0) is 37.3 Å². The maximum absolute atomic E-state index is 12.5. The summed E-state index contributed by atoms with van der Waals surface area (Å²) in [6.07, 6.45) is 0. The number of carbonyl (C=O) groups is 1. The van der Waals surface area contributed by atoms with E-state index in [-0.39, 0.29) is 5.82 Å². The van der Waals surface area contributed by atoms with Crippen molar-refractivity contribution in [3.8, 4) is 0 Å². The number of nitrogens with one attached hydrogen (secondary N) is 1. The lowest BCUT2D eigenvalue weighted by atomic mass is 10.2. The second-order valence-corrected chi connectivity index (χ2v) is 5.38. The van der Waals surface area contributed by atoms with E-state index in [0.717, 1.165) is 0 Å². The zero-order chi connectivity index (χ0) is 16.6. The van der Waals surface area contributed by atoms with Crippen LogP contribution in [0, 0.1) is 6.92 Å². The maximum Gasteiger partial charge on any atom is 0.345 e. The number of hydrogen-bond donors (Lipinski definition) is 2.